The number of hydrogen-bond acceptors (Lipinski definition) is 4. The topological polar surface area (TPSA) is 67.9 Å². The van der Waals surface area contributed by atoms with Crippen molar-refractivity contribution in [2.45, 2.75) is 25.7 Å². The van der Waals surface area contributed by atoms with Crippen LogP contribution in [0.4, 0.5) is 5.69 Å². The number of benzene rings is 1. The van der Waals surface area contributed by atoms with Crippen molar-refractivity contribution in [2.75, 3.05) is 32.6 Å². The molecular weight excluding hydrogens is 284 g/mol. The van der Waals surface area contributed by atoms with Crippen molar-refractivity contribution in [3.05, 3.63) is 18.2 Å². The Morgan fingerprint density at radius 3 is 2.23 bits per heavy atom. The van der Waals surface area contributed by atoms with Crippen molar-refractivity contribution >= 4 is 17.5 Å². The second kappa shape index (κ2) is 7.68. The van der Waals surface area contributed by atoms with E-state index in [9.17, 15) is 9.59 Å². The molecule has 2 amide bonds. The molecule has 1 fully saturated rings. The minimum atomic E-state index is -0.617. The average Bonchev–Trinajstić information content (AvgIpc) is 2.83. The second-order valence-electron chi connectivity index (χ2n) is 5.23. The quantitative estimate of drug-likeness (QED) is 0.868. The Kier molecular flexibility index (Phi) is 5.63. The smallest absolute Gasteiger partial charge is 0.313 e. The Morgan fingerprint density at radius 2 is 1.64 bits per heavy atom. The van der Waals surface area contributed by atoms with Crippen LogP contribution in [-0.4, -0.2) is 44.0 Å². The third-order valence-electron chi connectivity index (χ3n) is 3.73. The van der Waals surface area contributed by atoms with Gasteiger partial charge in [0, 0.05) is 24.8 Å². The number of nitrogens with zero attached hydrogens (tertiary/aromatic N) is 1. The highest BCUT2D eigenvalue weighted by Gasteiger charge is 2.22. The third kappa shape index (κ3) is 3.90. The predicted octanol–water partition coefficient (Wildman–Crippen LogP) is 2.04. The SMILES string of the molecule is COc1ccc(NC(=O)C(=O)N2CCCCCC2)cc1OC. The van der Waals surface area contributed by atoms with Crippen molar-refractivity contribution in [1.82, 2.24) is 4.90 Å². The fourth-order valence-electron chi connectivity index (χ4n) is 2.52. The molecule has 6 nitrogen and oxygen atoms in total. The van der Waals surface area contributed by atoms with E-state index in [1.165, 1.54) is 7.11 Å². The summed E-state index contributed by atoms with van der Waals surface area (Å²) >= 11 is 0. The van der Waals surface area contributed by atoms with E-state index < -0.39 is 11.8 Å². The summed E-state index contributed by atoms with van der Waals surface area (Å²) in [6, 6.07) is 4.99. The van der Waals surface area contributed by atoms with Gasteiger partial charge in [0.25, 0.3) is 0 Å². The fourth-order valence-corrected chi connectivity index (χ4v) is 2.52. The van der Waals surface area contributed by atoms with Crippen LogP contribution in [0.15, 0.2) is 18.2 Å². The number of ether oxygens (including phenoxy) is 2. The lowest BCUT2D eigenvalue weighted by Crippen LogP contribution is -2.40. The Hall–Kier alpha value is -2.24. The lowest BCUT2D eigenvalue weighted by atomic mass is 10.2. The summed E-state index contributed by atoms with van der Waals surface area (Å²) in [6.07, 6.45) is 4.13. The molecule has 1 aliphatic heterocycles. The Morgan fingerprint density at radius 1 is 1.00 bits per heavy atom. The lowest BCUT2D eigenvalue weighted by molar-refractivity contribution is -0.143. The van der Waals surface area contributed by atoms with Crippen LogP contribution in [0.3, 0.4) is 0 Å². The molecule has 1 heterocycles. The molecule has 0 aliphatic carbocycles. The molecule has 0 radical (unpaired) electrons. The van der Waals surface area contributed by atoms with Crippen molar-refractivity contribution in [3.8, 4) is 11.5 Å². The molecule has 1 aliphatic rings. The monoisotopic (exact) mass is 306 g/mol. The number of methoxy groups -OCH3 is 2. The minimum Gasteiger partial charge on any atom is -0.493 e. The zero-order valence-electron chi connectivity index (χ0n) is 13.1. The van der Waals surface area contributed by atoms with E-state index >= 15 is 0 Å². The van der Waals surface area contributed by atoms with Crippen LogP contribution in [0.25, 0.3) is 0 Å². The largest absolute Gasteiger partial charge is 0.493 e. The predicted molar refractivity (Wildman–Crippen MR) is 83.2 cm³/mol. The molecule has 0 spiro atoms. The first-order valence-electron chi connectivity index (χ1n) is 7.48. The van der Waals surface area contributed by atoms with Gasteiger partial charge in [0.05, 0.1) is 14.2 Å². The van der Waals surface area contributed by atoms with Crippen molar-refractivity contribution in [1.29, 1.82) is 0 Å². The molecule has 0 bridgehead atoms. The van der Waals surface area contributed by atoms with Crippen molar-refractivity contribution < 1.29 is 19.1 Å². The van der Waals surface area contributed by atoms with Gasteiger partial charge in [-0.1, -0.05) is 12.8 Å². The van der Waals surface area contributed by atoms with Crippen LogP contribution in [0, 0.1) is 0 Å². The number of carbonyl (C=O) groups is 2. The maximum Gasteiger partial charge on any atom is 0.313 e. The second-order valence-corrected chi connectivity index (χ2v) is 5.23. The van der Waals surface area contributed by atoms with Crippen LogP contribution in [0.2, 0.25) is 0 Å². The average molecular weight is 306 g/mol. The zero-order valence-corrected chi connectivity index (χ0v) is 13.1. The van der Waals surface area contributed by atoms with Crippen molar-refractivity contribution in [3.63, 3.8) is 0 Å². The van der Waals surface area contributed by atoms with Gasteiger partial charge in [-0.15, -0.1) is 0 Å². The van der Waals surface area contributed by atoms with Gasteiger partial charge in [-0.05, 0) is 25.0 Å². The third-order valence-corrected chi connectivity index (χ3v) is 3.73. The number of carbonyl (C=O) groups excluding carboxylic acids is 2. The molecule has 0 saturated carbocycles. The molecule has 0 aromatic heterocycles. The Balaban J connectivity index is 2.03. The minimum absolute atomic E-state index is 0.475. The van der Waals surface area contributed by atoms with Crippen LogP contribution in [0.1, 0.15) is 25.7 Å². The van der Waals surface area contributed by atoms with E-state index in [0.29, 0.717) is 30.3 Å². The van der Waals surface area contributed by atoms with Gasteiger partial charge in [0.1, 0.15) is 0 Å². The molecule has 120 valence electrons. The fraction of sp³-hybridized carbons (Fsp3) is 0.500. The molecule has 6 heteroatoms. The highest BCUT2D eigenvalue weighted by Crippen LogP contribution is 2.29. The first kappa shape index (κ1) is 16.1. The molecule has 1 aromatic carbocycles. The van der Waals surface area contributed by atoms with Gasteiger partial charge in [-0.3, -0.25) is 9.59 Å². The van der Waals surface area contributed by atoms with Gasteiger partial charge < -0.3 is 19.7 Å². The van der Waals surface area contributed by atoms with Crippen LogP contribution in [0.5, 0.6) is 11.5 Å². The number of nitrogens with one attached hydrogen (secondary N) is 1. The zero-order chi connectivity index (χ0) is 15.9. The first-order valence-corrected chi connectivity index (χ1v) is 7.48. The molecule has 1 saturated heterocycles. The normalized spacial score (nSPS) is 14.9. The maximum atomic E-state index is 12.2. The van der Waals surface area contributed by atoms with E-state index in [1.54, 1.807) is 30.2 Å². The molecule has 0 atom stereocenters. The summed E-state index contributed by atoms with van der Waals surface area (Å²) in [6.45, 7) is 1.30. The van der Waals surface area contributed by atoms with Gasteiger partial charge >= 0.3 is 11.8 Å². The van der Waals surface area contributed by atoms with Crippen LogP contribution in [-0.2, 0) is 9.59 Å². The summed E-state index contributed by atoms with van der Waals surface area (Å²) in [5.41, 5.74) is 0.505. The number of anilines is 1. The highest BCUT2D eigenvalue weighted by molar-refractivity contribution is 6.39. The number of amides is 2. The van der Waals surface area contributed by atoms with Gasteiger partial charge in [-0.25, -0.2) is 0 Å². The maximum absolute atomic E-state index is 12.2. The summed E-state index contributed by atoms with van der Waals surface area (Å²) < 4.78 is 10.3. The van der Waals surface area contributed by atoms with Crippen LogP contribution < -0.4 is 14.8 Å². The molecule has 2 rings (SSSR count). The highest BCUT2D eigenvalue weighted by atomic mass is 16.5. The van der Waals surface area contributed by atoms with Crippen molar-refractivity contribution in [2.24, 2.45) is 0 Å². The number of likely N-dealkylation sites (tertiary alicyclic amines) is 1. The van der Waals surface area contributed by atoms with E-state index in [0.717, 1.165) is 25.7 Å². The Bertz CT molecular complexity index is 537. The van der Waals surface area contributed by atoms with Gasteiger partial charge in [0.15, 0.2) is 11.5 Å². The van der Waals surface area contributed by atoms with E-state index in [-0.39, 0.29) is 0 Å². The summed E-state index contributed by atoms with van der Waals surface area (Å²) in [5, 5.41) is 2.62. The molecule has 1 N–H and O–H groups in total. The van der Waals surface area contributed by atoms with Gasteiger partial charge in [-0.2, -0.15) is 0 Å². The molecule has 0 unspecified atom stereocenters. The Labute approximate surface area is 130 Å². The molecule has 22 heavy (non-hydrogen) atoms. The molecule has 1 aromatic rings. The summed E-state index contributed by atoms with van der Waals surface area (Å²) in [5.74, 6) is -0.0207. The van der Waals surface area contributed by atoms with E-state index in [4.69, 9.17) is 9.47 Å². The lowest BCUT2D eigenvalue weighted by Gasteiger charge is -2.19. The molecular formula is C16H22N2O4. The first-order chi connectivity index (χ1) is 10.7. The number of hydrogen-bond donors (Lipinski definition) is 1. The number of rotatable bonds is 3. The standard InChI is InChI=1S/C16H22N2O4/c1-21-13-8-7-12(11-14(13)22-2)17-15(19)16(20)18-9-5-3-4-6-10-18/h7-8,11H,3-6,9-10H2,1-2H3,(H,17,19). The van der Waals surface area contributed by atoms with E-state index in [1.807, 2.05) is 0 Å². The summed E-state index contributed by atoms with van der Waals surface area (Å²) in [4.78, 5) is 25.9. The van der Waals surface area contributed by atoms with Crippen LogP contribution >= 0.6 is 0 Å². The summed E-state index contributed by atoms with van der Waals surface area (Å²) in [7, 11) is 3.06. The van der Waals surface area contributed by atoms with Gasteiger partial charge in [0.2, 0.25) is 0 Å². The van der Waals surface area contributed by atoms with E-state index in [2.05, 4.69) is 5.32 Å².